The number of ether oxygens (including phenoxy) is 1. The third-order valence-electron chi connectivity index (χ3n) is 12.7. The van der Waals surface area contributed by atoms with E-state index in [1.165, 1.54) is 82.6 Å². The first-order valence-corrected chi connectivity index (χ1v) is 16.0. The summed E-state index contributed by atoms with van der Waals surface area (Å²) in [6.45, 7) is 10.3. The summed E-state index contributed by atoms with van der Waals surface area (Å²) >= 11 is 0. The molecule has 0 saturated heterocycles. The summed E-state index contributed by atoms with van der Waals surface area (Å²) in [6.07, 6.45) is 16.3. The lowest BCUT2D eigenvalue weighted by molar-refractivity contribution is -0.112. The zero-order valence-electron chi connectivity index (χ0n) is 24.9. The van der Waals surface area contributed by atoms with Gasteiger partial charge < -0.3 is 9.84 Å². The van der Waals surface area contributed by atoms with Gasteiger partial charge in [-0.05, 0) is 152 Å². The number of aromatic carboxylic acids is 1. The second kappa shape index (κ2) is 7.75. The molecular weight excluding hydrogens is 492 g/mol. The SMILES string of the molecule is CC12CC3CC(C)(C1)CC(c1ccc(Oc4ccc(C(=O)O)cc4)c(C45CC6CC(C)(CC(C)(C6)C4)C5)c1)(C3)C2. The molecule has 8 saturated carbocycles. The highest BCUT2D eigenvalue weighted by molar-refractivity contribution is 5.87. The zero-order valence-corrected chi connectivity index (χ0v) is 24.9. The fraction of sp³-hybridized carbons (Fsp3) is 0.649. The molecule has 0 aliphatic heterocycles. The third-order valence-corrected chi connectivity index (χ3v) is 12.7. The normalized spacial score (nSPS) is 46.1. The number of hydrogen-bond acceptors (Lipinski definition) is 2. The highest BCUT2D eigenvalue weighted by Crippen LogP contribution is 2.72. The largest absolute Gasteiger partial charge is 0.478 e. The van der Waals surface area contributed by atoms with E-state index in [9.17, 15) is 9.90 Å². The molecule has 8 aliphatic carbocycles. The van der Waals surface area contributed by atoms with Crippen molar-refractivity contribution < 1.29 is 14.6 Å². The molecule has 0 radical (unpaired) electrons. The maximum absolute atomic E-state index is 11.4. The van der Waals surface area contributed by atoms with Crippen molar-refractivity contribution in [3.63, 3.8) is 0 Å². The number of carboxylic acids is 1. The van der Waals surface area contributed by atoms with Crippen LogP contribution in [-0.4, -0.2) is 11.1 Å². The van der Waals surface area contributed by atoms with Crippen molar-refractivity contribution in [2.75, 3.05) is 0 Å². The lowest BCUT2D eigenvalue weighted by Gasteiger charge is -2.66. The molecule has 40 heavy (non-hydrogen) atoms. The minimum Gasteiger partial charge on any atom is -0.478 e. The van der Waals surface area contributed by atoms with Gasteiger partial charge in [0.15, 0.2) is 0 Å². The Morgan fingerprint density at radius 1 is 0.675 bits per heavy atom. The fourth-order valence-corrected chi connectivity index (χ4v) is 13.7. The summed E-state index contributed by atoms with van der Waals surface area (Å²) in [5.74, 6) is 2.52. The molecule has 1 N–H and O–H groups in total. The van der Waals surface area contributed by atoms with Crippen molar-refractivity contribution in [3.8, 4) is 11.5 Å². The van der Waals surface area contributed by atoms with Gasteiger partial charge in [0, 0.05) is 11.0 Å². The van der Waals surface area contributed by atoms with Crippen LogP contribution in [0, 0.1) is 33.5 Å². The van der Waals surface area contributed by atoms with E-state index in [0.29, 0.717) is 32.6 Å². The number of benzene rings is 2. The van der Waals surface area contributed by atoms with Crippen molar-refractivity contribution >= 4 is 5.97 Å². The Labute approximate surface area is 240 Å². The van der Waals surface area contributed by atoms with Gasteiger partial charge in [-0.2, -0.15) is 0 Å². The van der Waals surface area contributed by atoms with Gasteiger partial charge in [0.2, 0.25) is 0 Å². The molecule has 8 aliphatic rings. The van der Waals surface area contributed by atoms with E-state index in [1.54, 1.807) is 17.7 Å². The Bertz CT molecular complexity index is 1370. The summed E-state index contributed by atoms with van der Waals surface area (Å²) in [5, 5.41) is 9.40. The summed E-state index contributed by atoms with van der Waals surface area (Å²) in [7, 11) is 0. The number of rotatable bonds is 5. The van der Waals surface area contributed by atoms with Gasteiger partial charge in [-0.3, -0.25) is 0 Å². The van der Waals surface area contributed by atoms with Gasteiger partial charge >= 0.3 is 5.97 Å². The Kier molecular flexibility index (Phi) is 4.93. The zero-order chi connectivity index (χ0) is 27.8. The molecule has 4 unspecified atom stereocenters. The van der Waals surface area contributed by atoms with Crippen molar-refractivity contribution in [1.29, 1.82) is 0 Å². The van der Waals surface area contributed by atoms with Crippen molar-refractivity contribution in [3.05, 3.63) is 59.2 Å². The third kappa shape index (κ3) is 3.78. The van der Waals surface area contributed by atoms with Gasteiger partial charge in [0.1, 0.15) is 11.5 Å². The molecule has 3 nitrogen and oxygen atoms in total. The van der Waals surface area contributed by atoms with Crippen molar-refractivity contribution in [1.82, 2.24) is 0 Å². The second-order valence-corrected chi connectivity index (χ2v) is 17.5. The number of carbonyl (C=O) groups is 1. The molecule has 0 amide bonds. The summed E-state index contributed by atoms with van der Waals surface area (Å²) in [6, 6.07) is 14.4. The average Bonchev–Trinajstić information content (AvgIpc) is 2.80. The fourth-order valence-electron chi connectivity index (χ4n) is 13.7. The molecular formula is C37H46O3. The van der Waals surface area contributed by atoms with Crippen LogP contribution in [0.1, 0.15) is 126 Å². The molecule has 8 bridgehead atoms. The van der Waals surface area contributed by atoms with Gasteiger partial charge in [-0.25, -0.2) is 4.79 Å². The quantitative estimate of drug-likeness (QED) is 0.412. The van der Waals surface area contributed by atoms with Gasteiger partial charge in [0.05, 0.1) is 5.56 Å². The molecule has 2 aromatic carbocycles. The lowest BCUT2D eigenvalue weighted by Crippen LogP contribution is -2.57. The topological polar surface area (TPSA) is 46.5 Å². The van der Waals surface area contributed by atoms with Crippen LogP contribution in [0.3, 0.4) is 0 Å². The van der Waals surface area contributed by atoms with Crippen LogP contribution in [0.2, 0.25) is 0 Å². The highest BCUT2D eigenvalue weighted by Gasteiger charge is 2.63. The predicted octanol–water partition coefficient (Wildman–Crippen LogP) is 9.67. The van der Waals surface area contributed by atoms with Crippen LogP contribution in [0.25, 0.3) is 0 Å². The van der Waals surface area contributed by atoms with E-state index >= 15 is 0 Å². The molecule has 3 heteroatoms. The molecule has 8 fully saturated rings. The van der Waals surface area contributed by atoms with Crippen molar-refractivity contribution in [2.24, 2.45) is 33.5 Å². The summed E-state index contributed by atoms with van der Waals surface area (Å²) < 4.78 is 6.72. The maximum Gasteiger partial charge on any atom is 0.335 e. The van der Waals surface area contributed by atoms with E-state index in [1.807, 2.05) is 12.1 Å². The molecule has 2 aromatic rings. The molecule has 4 atom stereocenters. The first-order valence-electron chi connectivity index (χ1n) is 16.0. The van der Waals surface area contributed by atoms with E-state index in [0.717, 1.165) is 23.3 Å². The minimum atomic E-state index is -0.899. The summed E-state index contributed by atoms with van der Waals surface area (Å²) in [4.78, 5) is 11.4. The van der Waals surface area contributed by atoms with Gasteiger partial charge in [-0.1, -0.05) is 39.8 Å². The molecule has 0 spiro atoms. The number of carboxylic acid groups (broad SMARTS) is 1. The van der Waals surface area contributed by atoms with E-state index in [2.05, 4.69) is 45.9 Å². The van der Waals surface area contributed by atoms with Gasteiger partial charge in [0.25, 0.3) is 0 Å². The van der Waals surface area contributed by atoms with Crippen molar-refractivity contribution in [2.45, 2.75) is 116 Å². The Balaban J connectivity index is 1.25. The van der Waals surface area contributed by atoms with Crippen LogP contribution >= 0.6 is 0 Å². The first kappa shape index (κ1) is 25.4. The van der Waals surface area contributed by atoms with Crippen LogP contribution in [0.5, 0.6) is 11.5 Å². The van der Waals surface area contributed by atoms with Gasteiger partial charge in [-0.15, -0.1) is 0 Å². The monoisotopic (exact) mass is 538 g/mol. The Hall–Kier alpha value is -2.29. The minimum absolute atomic E-state index is 0.172. The van der Waals surface area contributed by atoms with E-state index in [-0.39, 0.29) is 5.41 Å². The smallest absolute Gasteiger partial charge is 0.335 e. The first-order chi connectivity index (χ1) is 18.8. The Morgan fingerprint density at radius 2 is 1.18 bits per heavy atom. The molecule has 0 heterocycles. The maximum atomic E-state index is 11.4. The second-order valence-electron chi connectivity index (χ2n) is 17.5. The lowest BCUT2D eigenvalue weighted by atomic mass is 9.38. The van der Waals surface area contributed by atoms with Crippen LogP contribution < -0.4 is 4.74 Å². The van der Waals surface area contributed by atoms with Crippen LogP contribution in [-0.2, 0) is 10.8 Å². The molecule has 212 valence electrons. The standard InChI is InChI=1S/C37H46O3/c1-32-12-24-13-33(2,18-32)21-36(16-24,20-32)27-7-10-30(40-28-8-5-26(6-9-28)31(38)39)29(11-27)37-17-25-14-34(3,22-37)19-35(4,15-25)23-37/h5-11,24-25H,12-23H2,1-4H3,(H,38,39). The van der Waals surface area contributed by atoms with E-state index < -0.39 is 5.97 Å². The van der Waals surface area contributed by atoms with E-state index in [4.69, 9.17) is 4.74 Å². The molecule has 10 rings (SSSR count). The number of hydrogen-bond donors (Lipinski definition) is 1. The Morgan fingerprint density at radius 3 is 1.68 bits per heavy atom. The molecule has 0 aromatic heterocycles. The van der Waals surface area contributed by atoms with Crippen LogP contribution in [0.15, 0.2) is 42.5 Å². The summed E-state index contributed by atoms with van der Waals surface area (Å²) in [5.41, 5.74) is 5.63. The predicted molar refractivity (Wildman–Crippen MR) is 158 cm³/mol. The van der Waals surface area contributed by atoms with Crippen LogP contribution in [0.4, 0.5) is 0 Å². The average molecular weight is 539 g/mol. The highest BCUT2D eigenvalue weighted by atomic mass is 16.5.